The number of hydrogen-bond donors (Lipinski definition) is 2. The third kappa shape index (κ3) is 2.10. The average Bonchev–Trinajstić information content (AvgIpc) is 2.29. The van der Waals surface area contributed by atoms with E-state index in [1.165, 1.54) is 6.42 Å². The van der Waals surface area contributed by atoms with Gasteiger partial charge in [-0.05, 0) is 37.5 Å². The van der Waals surface area contributed by atoms with Crippen molar-refractivity contribution in [3.05, 3.63) is 23.8 Å². The fraction of sp³-hybridized carbons (Fsp3) is 0.417. The molecule has 1 aliphatic heterocycles. The van der Waals surface area contributed by atoms with E-state index in [2.05, 4.69) is 4.90 Å². The molecule has 0 bridgehead atoms. The Balaban J connectivity index is 2.36. The molecule has 1 saturated heterocycles. The van der Waals surface area contributed by atoms with Crippen molar-refractivity contribution in [1.82, 2.24) is 0 Å². The highest BCUT2D eigenvalue weighted by molar-refractivity contribution is 5.99. The van der Waals surface area contributed by atoms with E-state index in [0.717, 1.165) is 31.6 Å². The van der Waals surface area contributed by atoms with Crippen molar-refractivity contribution in [2.45, 2.75) is 19.3 Å². The van der Waals surface area contributed by atoms with Crippen LogP contribution in [-0.2, 0) is 0 Å². The summed E-state index contributed by atoms with van der Waals surface area (Å²) in [6.45, 7) is 1.95. The molecule has 1 amide bonds. The molecule has 16 heavy (non-hydrogen) atoms. The van der Waals surface area contributed by atoms with Crippen LogP contribution in [0.15, 0.2) is 18.2 Å². The zero-order valence-corrected chi connectivity index (χ0v) is 9.28. The predicted octanol–water partition coefficient (Wildman–Crippen LogP) is 1.36. The molecular weight excluding hydrogens is 202 g/mol. The summed E-state index contributed by atoms with van der Waals surface area (Å²) in [5.41, 5.74) is 13.2. The zero-order chi connectivity index (χ0) is 11.5. The molecule has 4 N–H and O–H groups in total. The van der Waals surface area contributed by atoms with Crippen LogP contribution < -0.4 is 16.4 Å². The number of nitrogen functional groups attached to an aromatic ring is 1. The molecule has 0 saturated carbocycles. The zero-order valence-electron chi connectivity index (χ0n) is 9.28. The smallest absolute Gasteiger partial charge is 0.250 e. The van der Waals surface area contributed by atoms with Crippen molar-refractivity contribution in [3.8, 4) is 0 Å². The molecule has 0 radical (unpaired) electrons. The number of rotatable bonds is 2. The number of nitrogens with zero attached hydrogens (tertiary/aromatic N) is 1. The van der Waals surface area contributed by atoms with Crippen LogP contribution in [0.25, 0.3) is 0 Å². The summed E-state index contributed by atoms with van der Waals surface area (Å²) in [5, 5.41) is 0. The number of benzene rings is 1. The van der Waals surface area contributed by atoms with E-state index in [0.29, 0.717) is 11.3 Å². The molecule has 0 atom stereocenters. The van der Waals surface area contributed by atoms with Crippen LogP contribution in [0, 0.1) is 0 Å². The van der Waals surface area contributed by atoms with Gasteiger partial charge in [-0.15, -0.1) is 0 Å². The Kier molecular flexibility index (Phi) is 2.99. The Hall–Kier alpha value is -1.71. The van der Waals surface area contributed by atoms with Crippen molar-refractivity contribution < 1.29 is 4.79 Å². The van der Waals surface area contributed by atoms with E-state index in [-0.39, 0.29) is 5.91 Å². The molecule has 0 unspecified atom stereocenters. The first-order valence-corrected chi connectivity index (χ1v) is 5.63. The number of carbonyl (C=O) groups is 1. The summed E-state index contributed by atoms with van der Waals surface area (Å²) in [6, 6.07) is 5.26. The molecule has 4 nitrogen and oxygen atoms in total. The molecule has 1 aromatic carbocycles. The lowest BCUT2D eigenvalue weighted by Crippen LogP contribution is -2.31. The third-order valence-electron chi connectivity index (χ3n) is 2.98. The van der Waals surface area contributed by atoms with Crippen LogP contribution in [0.4, 0.5) is 11.4 Å². The van der Waals surface area contributed by atoms with Crippen LogP contribution in [0.2, 0.25) is 0 Å². The van der Waals surface area contributed by atoms with Crippen molar-refractivity contribution in [2.24, 2.45) is 5.73 Å². The minimum atomic E-state index is -0.388. The Labute approximate surface area is 95.2 Å². The molecule has 1 aliphatic rings. The van der Waals surface area contributed by atoms with Crippen LogP contribution in [0.5, 0.6) is 0 Å². The van der Waals surface area contributed by atoms with Gasteiger partial charge in [-0.3, -0.25) is 4.79 Å². The molecule has 2 rings (SSSR count). The molecule has 1 fully saturated rings. The van der Waals surface area contributed by atoms with Gasteiger partial charge in [-0.1, -0.05) is 0 Å². The summed E-state index contributed by atoms with van der Waals surface area (Å²) in [5.74, 6) is -0.388. The van der Waals surface area contributed by atoms with E-state index in [1.54, 1.807) is 12.1 Å². The highest BCUT2D eigenvalue weighted by Gasteiger charge is 2.17. The number of nitrogens with two attached hydrogens (primary N) is 2. The summed E-state index contributed by atoms with van der Waals surface area (Å²) in [4.78, 5) is 13.5. The lowest BCUT2D eigenvalue weighted by molar-refractivity contribution is 0.100. The van der Waals surface area contributed by atoms with Crippen molar-refractivity contribution in [3.63, 3.8) is 0 Å². The predicted molar refractivity (Wildman–Crippen MR) is 65.4 cm³/mol. The van der Waals surface area contributed by atoms with Gasteiger partial charge in [-0.2, -0.15) is 0 Å². The second-order valence-corrected chi connectivity index (χ2v) is 4.19. The molecule has 86 valence electrons. The van der Waals surface area contributed by atoms with E-state index in [9.17, 15) is 4.79 Å². The van der Waals surface area contributed by atoms with Crippen molar-refractivity contribution in [2.75, 3.05) is 23.7 Å². The van der Waals surface area contributed by atoms with E-state index < -0.39 is 0 Å². The van der Waals surface area contributed by atoms with Crippen molar-refractivity contribution >= 4 is 17.3 Å². The normalized spacial score (nSPS) is 16.1. The molecule has 0 spiro atoms. The highest BCUT2D eigenvalue weighted by atomic mass is 16.1. The Morgan fingerprint density at radius 2 is 1.88 bits per heavy atom. The van der Waals surface area contributed by atoms with Crippen LogP contribution in [-0.4, -0.2) is 19.0 Å². The number of anilines is 2. The highest BCUT2D eigenvalue weighted by Crippen LogP contribution is 2.26. The lowest BCUT2D eigenvalue weighted by Gasteiger charge is -2.30. The second-order valence-electron chi connectivity index (χ2n) is 4.19. The third-order valence-corrected chi connectivity index (χ3v) is 2.98. The standard InChI is InChI=1S/C12H17N3O/c13-9-4-5-10(12(14)16)11(8-9)15-6-2-1-3-7-15/h4-5,8H,1-3,6-7,13H2,(H2,14,16). The monoisotopic (exact) mass is 219 g/mol. The van der Waals surface area contributed by atoms with Gasteiger partial charge in [0.05, 0.1) is 11.3 Å². The van der Waals surface area contributed by atoms with Gasteiger partial charge in [0.1, 0.15) is 0 Å². The minimum absolute atomic E-state index is 0.388. The second kappa shape index (κ2) is 4.43. The number of amides is 1. The maximum Gasteiger partial charge on any atom is 0.250 e. The summed E-state index contributed by atoms with van der Waals surface area (Å²) in [6.07, 6.45) is 3.57. The van der Waals surface area contributed by atoms with Gasteiger partial charge in [0.2, 0.25) is 0 Å². The van der Waals surface area contributed by atoms with Crippen LogP contribution in [0.1, 0.15) is 29.6 Å². The molecule has 1 aromatic rings. The Morgan fingerprint density at radius 3 is 2.50 bits per heavy atom. The first-order valence-electron chi connectivity index (χ1n) is 5.63. The van der Waals surface area contributed by atoms with Crippen LogP contribution in [0.3, 0.4) is 0 Å². The molecule has 0 aromatic heterocycles. The van der Waals surface area contributed by atoms with Crippen molar-refractivity contribution in [1.29, 1.82) is 0 Å². The summed E-state index contributed by atoms with van der Waals surface area (Å²) < 4.78 is 0. The quantitative estimate of drug-likeness (QED) is 0.738. The number of carbonyl (C=O) groups excluding carboxylic acids is 1. The maximum absolute atomic E-state index is 11.3. The van der Waals surface area contributed by atoms with E-state index in [4.69, 9.17) is 11.5 Å². The minimum Gasteiger partial charge on any atom is -0.399 e. The largest absolute Gasteiger partial charge is 0.399 e. The fourth-order valence-electron chi connectivity index (χ4n) is 2.15. The van der Waals surface area contributed by atoms with Gasteiger partial charge < -0.3 is 16.4 Å². The SMILES string of the molecule is NC(=O)c1ccc(N)cc1N1CCCCC1. The first-order chi connectivity index (χ1) is 7.68. The van der Waals surface area contributed by atoms with Gasteiger partial charge in [-0.25, -0.2) is 0 Å². The number of primary amides is 1. The van der Waals surface area contributed by atoms with Gasteiger partial charge in [0, 0.05) is 18.8 Å². The maximum atomic E-state index is 11.3. The fourth-order valence-corrected chi connectivity index (χ4v) is 2.15. The lowest BCUT2D eigenvalue weighted by atomic mass is 10.1. The van der Waals surface area contributed by atoms with Gasteiger partial charge in [0.15, 0.2) is 0 Å². The average molecular weight is 219 g/mol. The number of hydrogen-bond acceptors (Lipinski definition) is 3. The topological polar surface area (TPSA) is 72.3 Å². The van der Waals surface area contributed by atoms with E-state index in [1.807, 2.05) is 6.07 Å². The summed E-state index contributed by atoms with van der Waals surface area (Å²) >= 11 is 0. The van der Waals surface area contributed by atoms with Gasteiger partial charge in [0.25, 0.3) is 5.91 Å². The number of piperidine rings is 1. The Bertz CT molecular complexity index is 397. The van der Waals surface area contributed by atoms with E-state index >= 15 is 0 Å². The Morgan fingerprint density at radius 1 is 1.19 bits per heavy atom. The van der Waals surface area contributed by atoms with Crippen LogP contribution >= 0.6 is 0 Å². The van der Waals surface area contributed by atoms with Gasteiger partial charge >= 0.3 is 0 Å². The molecular formula is C12H17N3O. The first kappa shape index (κ1) is 10.8. The molecule has 4 heteroatoms. The summed E-state index contributed by atoms with van der Waals surface area (Å²) in [7, 11) is 0. The molecule has 0 aliphatic carbocycles. The molecule has 1 heterocycles.